The van der Waals surface area contributed by atoms with Crippen molar-refractivity contribution in [3.05, 3.63) is 48.5 Å². The fourth-order valence-corrected chi connectivity index (χ4v) is 3.09. The summed E-state index contributed by atoms with van der Waals surface area (Å²) in [5, 5.41) is 10.9. The summed E-state index contributed by atoms with van der Waals surface area (Å²) in [5.74, 6) is -0.321. The standard InChI is InChI=1S/C16H14N2O4S/c17-11-3-1-2-9(6-11)13-5-4-10-7-12(23(20,21)22)8-14(19)15(10)16(13)18/h1-8,19H,17-18H2,(H,20,21,22). The van der Waals surface area contributed by atoms with Gasteiger partial charge in [0.05, 0.1) is 10.6 Å². The third kappa shape index (κ3) is 2.67. The number of aromatic hydroxyl groups is 1. The first-order valence-electron chi connectivity index (χ1n) is 6.66. The van der Waals surface area contributed by atoms with Crippen molar-refractivity contribution in [2.45, 2.75) is 4.90 Å². The van der Waals surface area contributed by atoms with Crippen LogP contribution in [0, 0.1) is 0 Å². The summed E-state index contributed by atoms with van der Waals surface area (Å²) < 4.78 is 31.6. The lowest BCUT2D eigenvalue weighted by atomic mass is 9.98. The number of phenols is 1. The fraction of sp³-hybridized carbons (Fsp3) is 0. The van der Waals surface area contributed by atoms with Gasteiger partial charge in [-0.05, 0) is 29.1 Å². The lowest BCUT2D eigenvalue weighted by Crippen LogP contribution is -1.99. The maximum absolute atomic E-state index is 11.2. The lowest BCUT2D eigenvalue weighted by Gasteiger charge is -2.12. The highest BCUT2D eigenvalue weighted by molar-refractivity contribution is 7.85. The van der Waals surface area contributed by atoms with Gasteiger partial charge in [0.1, 0.15) is 5.75 Å². The topological polar surface area (TPSA) is 127 Å². The lowest BCUT2D eigenvalue weighted by molar-refractivity contribution is 0.471. The van der Waals surface area contributed by atoms with E-state index >= 15 is 0 Å². The number of hydrogen-bond donors (Lipinski definition) is 4. The van der Waals surface area contributed by atoms with Crippen LogP contribution in [0.5, 0.6) is 5.75 Å². The Kier molecular flexibility index (Phi) is 3.39. The van der Waals surface area contributed by atoms with Gasteiger partial charge in [0.25, 0.3) is 10.1 Å². The molecule has 0 atom stereocenters. The van der Waals surface area contributed by atoms with E-state index in [0.717, 1.165) is 11.6 Å². The SMILES string of the molecule is Nc1cccc(-c2ccc3cc(S(=O)(=O)O)cc(O)c3c2N)c1. The molecule has 0 aliphatic heterocycles. The summed E-state index contributed by atoms with van der Waals surface area (Å²) in [6.07, 6.45) is 0. The molecular formula is C16H14N2O4S. The van der Waals surface area contributed by atoms with Crippen LogP contribution < -0.4 is 11.5 Å². The number of fused-ring (bicyclic) bond motifs is 1. The van der Waals surface area contributed by atoms with E-state index in [2.05, 4.69) is 0 Å². The van der Waals surface area contributed by atoms with Crippen molar-refractivity contribution < 1.29 is 18.1 Å². The first kappa shape index (κ1) is 15.1. The average Bonchev–Trinajstić information content (AvgIpc) is 2.46. The van der Waals surface area contributed by atoms with Gasteiger partial charge in [0.2, 0.25) is 0 Å². The summed E-state index contributed by atoms with van der Waals surface area (Å²) in [7, 11) is -4.41. The van der Waals surface area contributed by atoms with Crippen LogP contribution >= 0.6 is 0 Å². The maximum atomic E-state index is 11.2. The third-order valence-electron chi connectivity index (χ3n) is 3.61. The van der Waals surface area contributed by atoms with Gasteiger partial charge >= 0.3 is 0 Å². The van der Waals surface area contributed by atoms with Crippen LogP contribution in [0.4, 0.5) is 11.4 Å². The molecule has 0 heterocycles. The highest BCUT2D eigenvalue weighted by Crippen LogP contribution is 2.39. The van der Waals surface area contributed by atoms with Crippen LogP contribution in [0.15, 0.2) is 53.4 Å². The Labute approximate surface area is 132 Å². The summed E-state index contributed by atoms with van der Waals surface area (Å²) in [5.41, 5.74) is 14.2. The zero-order valence-electron chi connectivity index (χ0n) is 11.9. The number of anilines is 2. The third-order valence-corrected chi connectivity index (χ3v) is 4.44. The number of nitrogens with two attached hydrogens (primary N) is 2. The van der Waals surface area contributed by atoms with Crippen molar-refractivity contribution in [3.63, 3.8) is 0 Å². The van der Waals surface area contributed by atoms with Gasteiger partial charge in [-0.15, -0.1) is 0 Å². The van der Waals surface area contributed by atoms with Crippen LogP contribution in [-0.4, -0.2) is 18.1 Å². The molecule has 0 fully saturated rings. The molecular weight excluding hydrogens is 316 g/mol. The molecule has 3 aromatic rings. The van der Waals surface area contributed by atoms with Gasteiger partial charge in [0, 0.05) is 22.7 Å². The number of benzene rings is 3. The van der Waals surface area contributed by atoms with Gasteiger partial charge in [-0.2, -0.15) is 8.42 Å². The monoisotopic (exact) mass is 330 g/mol. The van der Waals surface area contributed by atoms with Gasteiger partial charge in [-0.3, -0.25) is 4.55 Å². The molecule has 0 saturated heterocycles. The van der Waals surface area contributed by atoms with Crippen molar-refractivity contribution in [2.75, 3.05) is 11.5 Å². The van der Waals surface area contributed by atoms with E-state index in [4.69, 9.17) is 16.0 Å². The van der Waals surface area contributed by atoms with Gasteiger partial charge in [0.15, 0.2) is 0 Å². The molecule has 7 heteroatoms. The predicted molar refractivity (Wildman–Crippen MR) is 89.7 cm³/mol. The van der Waals surface area contributed by atoms with Crippen molar-refractivity contribution in [1.82, 2.24) is 0 Å². The minimum Gasteiger partial charge on any atom is -0.507 e. The van der Waals surface area contributed by atoms with Crippen LogP contribution in [0.3, 0.4) is 0 Å². The molecule has 0 unspecified atom stereocenters. The summed E-state index contributed by atoms with van der Waals surface area (Å²) in [6, 6.07) is 12.7. The van der Waals surface area contributed by atoms with E-state index in [1.165, 1.54) is 6.07 Å². The Balaban J connectivity index is 2.30. The van der Waals surface area contributed by atoms with Crippen molar-refractivity contribution in [2.24, 2.45) is 0 Å². The Bertz CT molecular complexity index is 1030. The minimum absolute atomic E-state index is 0.299. The molecule has 0 spiro atoms. The van der Waals surface area contributed by atoms with E-state index in [-0.39, 0.29) is 5.75 Å². The second-order valence-electron chi connectivity index (χ2n) is 5.17. The molecule has 23 heavy (non-hydrogen) atoms. The van der Waals surface area contributed by atoms with Crippen molar-refractivity contribution in [1.29, 1.82) is 0 Å². The van der Waals surface area contributed by atoms with Crippen molar-refractivity contribution >= 4 is 32.3 Å². The quantitative estimate of drug-likeness (QED) is 0.422. The zero-order valence-corrected chi connectivity index (χ0v) is 12.7. The zero-order chi connectivity index (χ0) is 16.8. The van der Waals surface area contributed by atoms with E-state index in [0.29, 0.717) is 27.7 Å². The highest BCUT2D eigenvalue weighted by Gasteiger charge is 2.16. The summed E-state index contributed by atoms with van der Waals surface area (Å²) >= 11 is 0. The smallest absolute Gasteiger partial charge is 0.294 e. The second-order valence-corrected chi connectivity index (χ2v) is 6.59. The number of hydrogen-bond acceptors (Lipinski definition) is 5. The Morgan fingerprint density at radius 3 is 2.35 bits per heavy atom. The molecule has 0 aliphatic carbocycles. The van der Waals surface area contributed by atoms with Crippen molar-refractivity contribution in [3.8, 4) is 16.9 Å². The first-order valence-corrected chi connectivity index (χ1v) is 8.10. The summed E-state index contributed by atoms with van der Waals surface area (Å²) in [6.45, 7) is 0. The van der Waals surface area contributed by atoms with E-state index in [1.54, 1.807) is 30.3 Å². The van der Waals surface area contributed by atoms with Gasteiger partial charge in [-0.1, -0.05) is 24.3 Å². The first-order chi connectivity index (χ1) is 10.8. The second kappa shape index (κ2) is 5.15. The Hall–Kier alpha value is -2.77. The van der Waals surface area contributed by atoms with Crippen LogP contribution in [-0.2, 0) is 10.1 Å². The Morgan fingerprint density at radius 1 is 0.957 bits per heavy atom. The highest BCUT2D eigenvalue weighted by atomic mass is 32.2. The normalized spacial score (nSPS) is 11.7. The maximum Gasteiger partial charge on any atom is 0.294 e. The van der Waals surface area contributed by atoms with E-state index in [1.807, 2.05) is 6.07 Å². The minimum atomic E-state index is -4.41. The molecule has 3 aromatic carbocycles. The number of nitrogen functional groups attached to an aromatic ring is 2. The molecule has 0 bridgehead atoms. The van der Waals surface area contributed by atoms with Crippen LogP contribution in [0.25, 0.3) is 21.9 Å². The fourth-order valence-electron chi connectivity index (χ4n) is 2.55. The average molecular weight is 330 g/mol. The molecule has 0 amide bonds. The van der Waals surface area contributed by atoms with E-state index < -0.39 is 15.0 Å². The Morgan fingerprint density at radius 2 is 1.70 bits per heavy atom. The molecule has 6 nitrogen and oxygen atoms in total. The number of phenolic OH excluding ortho intramolecular Hbond substituents is 1. The molecule has 0 saturated carbocycles. The molecule has 0 aromatic heterocycles. The van der Waals surface area contributed by atoms with E-state index in [9.17, 15) is 13.5 Å². The van der Waals surface area contributed by atoms with Crippen LogP contribution in [0.1, 0.15) is 0 Å². The molecule has 0 radical (unpaired) electrons. The predicted octanol–water partition coefficient (Wildman–Crippen LogP) is 2.62. The molecule has 6 N–H and O–H groups in total. The van der Waals surface area contributed by atoms with Crippen LogP contribution in [0.2, 0.25) is 0 Å². The van der Waals surface area contributed by atoms with Gasteiger partial charge < -0.3 is 16.6 Å². The largest absolute Gasteiger partial charge is 0.507 e. The molecule has 3 rings (SSSR count). The number of rotatable bonds is 2. The van der Waals surface area contributed by atoms with Gasteiger partial charge in [-0.25, -0.2) is 0 Å². The molecule has 0 aliphatic rings. The summed E-state index contributed by atoms with van der Waals surface area (Å²) in [4.78, 5) is -0.390. The molecule has 118 valence electrons.